The topological polar surface area (TPSA) is 30.2 Å². The summed E-state index contributed by atoms with van der Waals surface area (Å²) in [5.41, 5.74) is 7.01. The fourth-order valence-corrected chi connectivity index (χ4v) is 5.39. The Labute approximate surface area is 242 Å². The van der Waals surface area contributed by atoms with Gasteiger partial charge in [0.2, 0.25) is 12.4 Å². The summed E-state index contributed by atoms with van der Waals surface area (Å²) in [6, 6.07) is 56.2. The third-order valence-corrected chi connectivity index (χ3v) is 7.36. The van der Waals surface area contributed by atoms with Crippen molar-refractivity contribution in [3.63, 3.8) is 0 Å². The number of hydrogen-bond donors (Lipinski definition) is 0. The van der Waals surface area contributed by atoms with Crippen LogP contribution in [0.3, 0.4) is 0 Å². The first-order valence-corrected chi connectivity index (χ1v) is 13.8. The number of carbonyl (C=O) groups excluding carboxylic acids is 1. The van der Waals surface area contributed by atoms with E-state index < -0.39 is 6.15 Å². The van der Waals surface area contributed by atoms with Gasteiger partial charge in [-0.15, -0.1) is 0 Å². The van der Waals surface area contributed by atoms with Crippen LogP contribution in [0.5, 0.6) is 0 Å². The molecule has 0 fully saturated rings. The summed E-state index contributed by atoms with van der Waals surface area (Å²) in [6.45, 7) is 1.98. The van der Waals surface area contributed by atoms with E-state index in [4.69, 9.17) is 4.84 Å². The van der Waals surface area contributed by atoms with Gasteiger partial charge in [0.05, 0.1) is 5.56 Å². The lowest BCUT2D eigenvalue weighted by Gasteiger charge is -2.44. The Morgan fingerprint density at radius 1 is 0.488 bits per heavy atom. The number of benzene rings is 5. The molecule has 0 spiro atoms. The molecule has 0 unspecified atom stereocenters. The molecule has 0 saturated carbocycles. The maximum atomic E-state index is 11.7. The van der Waals surface area contributed by atoms with Crippen molar-refractivity contribution in [2.24, 2.45) is 0 Å². The number of rotatable bonds is 6. The number of aromatic nitrogens is 1. The molecule has 0 aliphatic carbocycles. The lowest BCUT2D eigenvalue weighted by atomic mass is 9.13. The molecule has 6 aromatic rings. The van der Waals surface area contributed by atoms with Gasteiger partial charge in [0.1, 0.15) is 6.15 Å². The Bertz CT molecular complexity index is 1480. The minimum atomic E-state index is -1.22. The molecule has 5 aromatic carbocycles. The zero-order chi connectivity index (χ0) is 28.3. The van der Waals surface area contributed by atoms with Crippen LogP contribution in [0.25, 0.3) is 0 Å². The second kappa shape index (κ2) is 13.2. The third-order valence-electron chi connectivity index (χ3n) is 7.36. The van der Waals surface area contributed by atoms with Crippen molar-refractivity contribution in [1.82, 2.24) is 0 Å². The summed E-state index contributed by atoms with van der Waals surface area (Å²) in [5, 5.41) is 0. The van der Waals surface area contributed by atoms with Crippen LogP contribution in [0.2, 0.25) is 0 Å². The van der Waals surface area contributed by atoms with E-state index in [1.165, 1.54) is 26.6 Å². The zero-order valence-electron chi connectivity index (χ0n) is 23.1. The number of carbonyl (C=O) groups is 1. The van der Waals surface area contributed by atoms with Crippen LogP contribution in [0.1, 0.15) is 15.9 Å². The van der Waals surface area contributed by atoms with Crippen molar-refractivity contribution in [3.05, 3.63) is 187 Å². The molecule has 200 valence electrons. The van der Waals surface area contributed by atoms with Crippen LogP contribution < -0.4 is 31.4 Å². The summed E-state index contributed by atoms with van der Waals surface area (Å²) in [7, 11) is 0. The fraction of sp³-hybridized carbons (Fsp3) is 0.0270. The number of pyridine rings is 1. The molecule has 0 atom stereocenters. The lowest BCUT2D eigenvalue weighted by Crippen LogP contribution is -2.74. The minimum absolute atomic E-state index is 0.366. The molecule has 0 radical (unpaired) electrons. The molecule has 3 nitrogen and oxygen atoms in total. The van der Waals surface area contributed by atoms with Gasteiger partial charge in [0, 0.05) is 16.9 Å². The van der Waals surface area contributed by atoms with Crippen molar-refractivity contribution in [2.75, 3.05) is 0 Å². The molecule has 0 aliphatic heterocycles. The molecule has 0 N–H and O–H groups in total. The first-order chi connectivity index (χ1) is 20.2. The summed E-state index contributed by atoms with van der Waals surface area (Å²) in [4.78, 5) is 16.8. The van der Waals surface area contributed by atoms with Gasteiger partial charge in [-0.05, 0) is 24.6 Å². The van der Waals surface area contributed by atoms with Gasteiger partial charge in [0.25, 0.3) is 0 Å². The molecule has 41 heavy (non-hydrogen) atoms. The van der Waals surface area contributed by atoms with E-state index in [-0.39, 0.29) is 5.97 Å². The predicted molar refractivity (Wildman–Crippen MR) is 169 cm³/mol. The smallest absolute Gasteiger partial charge is 0.239 e. The number of aryl methyl sites for hydroxylation is 1. The van der Waals surface area contributed by atoms with Crippen molar-refractivity contribution in [2.45, 2.75) is 6.92 Å². The normalized spacial score (nSPS) is 10.7. The standard InChI is InChI=1S/C24H20B.C13H12NO2/c1-5-13-21(14-6-1)25(22-15-7-2-8-16-22,23-17-9-3-10-18-23)24-19-11-4-12-20-24;1-11-7-9-14(10-8-11)16-13(15)12-5-3-2-4-6-12/h1-20H;2-10H,1H3/q-1;+1. The molecule has 1 aromatic heterocycles. The van der Waals surface area contributed by atoms with E-state index >= 15 is 0 Å². The van der Waals surface area contributed by atoms with Crippen LogP contribution in [-0.4, -0.2) is 12.1 Å². The van der Waals surface area contributed by atoms with Gasteiger partial charge in [0.15, 0.2) is 0 Å². The van der Waals surface area contributed by atoms with E-state index in [9.17, 15) is 4.79 Å². The Hall–Kier alpha value is -5.22. The average molecular weight is 533 g/mol. The van der Waals surface area contributed by atoms with Crippen LogP contribution in [-0.2, 0) is 0 Å². The van der Waals surface area contributed by atoms with E-state index in [1.54, 1.807) is 36.7 Å². The van der Waals surface area contributed by atoms with Crippen LogP contribution in [0.4, 0.5) is 0 Å². The van der Waals surface area contributed by atoms with Gasteiger partial charge < -0.3 is 0 Å². The van der Waals surface area contributed by atoms with Gasteiger partial charge in [-0.25, -0.2) is 4.79 Å². The summed E-state index contributed by atoms with van der Waals surface area (Å²) in [5.74, 6) is -0.366. The second-order valence-corrected chi connectivity index (χ2v) is 9.99. The van der Waals surface area contributed by atoms with Gasteiger partial charge in [-0.2, -0.15) is 26.7 Å². The first kappa shape index (κ1) is 27.4. The average Bonchev–Trinajstić information content (AvgIpc) is 3.05. The number of nitrogens with zero attached hydrogens (tertiary/aromatic N) is 1. The highest BCUT2D eigenvalue weighted by Gasteiger charge is 2.31. The van der Waals surface area contributed by atoms with E-state index in [0.717, 1.165) is 5.56 Å². The Balaban J connectivity index is 0.000000182. The van der Waals surface area contributed by atoms with Crippen molar-refractivity contribution in [1.29, 1.82) is 0 Å². The molecule has 1 heterocycles. The largest absolute Gasteiger partial charge is 0.411 e. The summed E-state index contributed by atoms with van der Waals surface area (Å²) >= 11 is 0. The lowest BCUT2D eigenvalue weighted by molar-refractivity contribution is -0.868. The molecule has 4 heteroatoms. The highest BCUT2D eigenvalue weighted by Crippen LogP contribution is 2.09. The van der Waals surface area contributed by atoms with Gasteiger partial charge in [-0.1, -0.05) is 140 Å². The van der Waals surface area contributed by atoms with Crippen LogP contribution in [0.15, 0.2) is 176 Å². The molecular weight excluding hydrogens is 501 g/mol. The Morgan fingerprint density at radius 2 is 0.805 bits per heavy atom. The zero-order valence-corrected chi connectivity index (χ0v) is 23.1. The van der Waals surface area contributed by atoms with Gasteiger partial charge >= 0.3 is 5.97 Å². The Kier molecular flexibility index (Phi) is 8.83. The molecule has 0 amide bonds. The van der Waals surface area contributed by atoms with Gasteiger partial charge in [-0.3, -0.25) is 0 Å². The molecule has 0 aliphatic rings. The van der Waals surface area contributed by atoms with Crippen LogP contribution >= 0.6 is 0 Å². The maximum Gasteiger partial charge on any atom is 0.411 e. The fourth-order valence-electron chi connectivity index (χ4n) is 5.39. The van der Waals surface area contributed by atoms with E-state index in [1.807, 2.05) is 25.1 Å². The monoisotopic (exact) mass is 533 g/mol. The van der Waals surface area contributed by atoms with Crippen molar-refractivity contribution < 1.29 is 14.4 Å². The van der Waals surface area contributed by atoms with E-state index in [0.29, 0.717) is 5.56 Å². The van der Waals surface area contributed by atoms with Crippen LogP contribution in [0, 0.1) is 6.92 Å². The molecule has 6 rings (SSSR count). The first-order valence-electron chi connectivity index (χ1n) is 13.8. The molecular formula is C37H32BNO2. The second-order valence-electron chi connectivity index (χ2n) is 9.99. The highest BCUT2D eigenvalue weighted by atomic mass is 16.7. The minimum Gasteiger partial charge on any atom is -0.239 e. The maximum absolute atomic E-state index is 11.7. The summed E-state index contributed by atoms with van der Waals surface area (Å²) < 4.78 is 1.39. The molecule has 0 saturated heterocycles. The van der Waals surface area contributed by atoms with E-state index in [2.05, 4.69) is 121 Å². The van der Waals surface area contributed by atoms with Crippen molar-refractivity contribution >= 4 is 34.0 Å². The molecule has 0 bridgehead atoms. The SMILES string of the molecule is Cc1cc[n+](OC(=O)c2ccccc2)cc1.c1ccc([B-](c2ccccc2)(c2ccccc2)c2ccccc2)cc1. The van der Waals surface area contributed by atoms with Crippen molar-refractivity contribution in [3.8, 4) is 0 Å². The highest BCUT2D eigenvalue weighted by molar-refractivity contribution is 7.19. The predicted octanol–water partition coefficient (Wildman–Crippen LogP) is 4.62. The Morgan fingerprint density at radius 3 is 1.15 bits per heavy atom. The summed E-state index contributed by atoms with van der Waals surface area (Å²) in [6.07, 6.45) is 2.19. The third kappa shape index (κ3) is 6.34. The quantitative estimate of drug-likeness (QED) is 0.231. The number of hydrogen-bond acceptors (Lipinski definition) is 2.